The standard InChI is InChI=1S/C17H26BrNS/c1-12-4-2-5-13(10-12)8-9-19-15-6-3-7-16-14(15)11-17(18)20-16/h11-13,15,19H,2-10H2,1H3. The summed E-state index contributed by atoms with van der Waals surface area (Å²) in [6, 6.07) is 2.96. The van der Waals surface area contributed by atoms with Crippen LogP contribution in [-0.4, -0.2) is 6.54 Å². The zero-order valence-electron chi connectivity index (χ0n) is 12.5. The molecule has 0 saturated heterocycles. The Labute approximate surface area is 135 Å². The Hall–Kier alpha value is 0.140. The van der Waals surface area contributed by atoms with E-state index in [-0.39, 0.29) is 0 Å². The van der Waals surface area contributed by atoms with Crippen LogP contribution in [-0.2, 0) is 6.42 Å². The van der Waals surface area contributed by atoms with Crippen molar-refractivity contribution in [3.05, 3.63) is 20.3 Å². The molecule has 0 bridgehead atoms. The van der Waals surface area contributed by atoms with Crippen molar-refractivity contribution in [2.24, 2.45) is 11.8 Å². The van der Waals surface area contributed by atoms with E-state index in [2.05, 4.69) is 34.2 Å². The lowest BCUT2D eigenvalue weighted by atomic mass is 9.81. The first kappa shape index (κ1) is 15.1. The van der Waals surface area contributed by atoms with Gasteiger partial charge in [-0.3, -0.25) is 0 Å². The molecule has 3 heteroatoms. The fourth-order valence-electron chi connectivity index (χ4n) is 4.02. The molecule has 112 valence electrons. The van der Waals surface area contributed by atoms with Crippen LogP contribution in [0.3, 0.4) is 0 Å². The molecule has 3 unspecified atom stereocenters. The van der Waals surface area contributed by atoms with Crippen LogP contribution in [0.1, 0.15) is 68.4 Å². The van der Waals surface area contributed by atoms with Gasteiger partial charge >= 0.3 is 0 Å². The molecule has 0 aromatic carbocycles. The highest BCUT2D eigenvalue weighted by atomic mass is 79.9. The van der Waals surface area contributed by atoms with Crippen molar-refractivity contribution in [2.75, 3.05) is 6.54 Å². The van der Waals surface area contributed by atoms with Crippen LogP contribution in [0.15, 0.2) is 9.85 Å². The fourth-order valence-corrected chi connectivity index (χ4v) is 5.84. The van der Waals surface area contributed by atoms with E-state index in [9.17, 15) is 0 Å². The topological polar surface area (TPSA) is 12.0 Å². The zero-order valence-corrected chi connectivity index (χ0v) is 14.9. The van der Waals surface area contributed by atoms with E-state index in [4.69, 9.17) is 0 Å². The molecular weight excluding hydrogens is 330 g/mol. The average Bonchev–Trinajstić information content (AvgIpc) is 2.80. The summed E-state index contributed by atoms with van der Waals surface area (Å²) in [6.07, 6.45) is 11.2. The van der Waals surface area contributed by atoms with Gasteiger partial charge in [0.05, 0.1) is 3.79 Å². The van der Waals surface area contributed by atoms with Crippen molar-refractivity contribution in [1.82, 2.24) is 5.32 Å². The summed E-state index contributed by atoms with van der Waals surface area (Å²) in [5, 5.41) is 3.84. The van der Waals surface area contributed by atoms with E-state index in [1.54, 1.807) is 10.4 Å². The number of nitrogens with one attached hydrogen (secondary N) is 1. The van der Waals surface area contributed by atoms with Gasteiger partial charge in [0.25, 0.3) is 0 Å². The van der Waals surface area contributed by atoms with Crippen molar-refractivity contribution in [3.63, 3.8) is 0 Å². The minimum Gasteiger partial charge on any atom is -0.310 e. The van der Waals surface area contributed by atoms with E-state index in [0.29, 0.717) is 6.04 Å². The van der Waals surface area contributed by atoms with Crippen molar-refractivity contribution in [3.8, 4) is 0 Å². The van der Waals surface area contributed by atoms with Gasteiger partial charge < -0.3 is 5.32 Å². The first-order valence-electron chi connectivity index (χ1n) is 8.24. The minimum atomic E-state index is 0.613. The van der Waals surface area contributed by atoms with Crippen LogP contribution in [0.5, 0.6) is 0 Å². The predicted octanol–water partition coefficient (Wildman–Crippen LogP) is 5.69. The van der Waals surface area contributed by atoms with E-state index >= 15 is 0 Å². The predicted molar refractivity (Wildman–Crippen MR) is 91.4 cm³/mol. The number of hydrogen-bond acceptors (Lipinski definition) is 2. The Morgan fingerprint density at radius 2 is 2.20 bits per heavy atom. The van der Waals surface area contributed by atoms with Crippen molar-refractivity contribution < 1.29 is 0 Å². The maximum Gasteiger partial charge on any atom is 0.0704 e. The molecule has 1 saturated carbocycles. The van der Waals surface area contributed by atoms with E-state index in [0.717, 1.165) is 11.8 Å². The molecule has 1 nitrogen and oxygen atoms in total. The van der Waals surface area contributed by atoms with Crippen LogP contribution in [0.2, 0.25) is 0 Å². The van der Waals surface area contributed by atoms with Crippen LogP contribution < -0.4 is 5.32 Å². The van der Waals surface area contributed by atoms with Crippen LogP contribution >= 0.6 is 27.3 Å². The molecule has 3 atom stereocenters. The number of thiophene rings is 1. The van der Waals surface area contributed by atoms with Gasteiger partial charge in [-0.2, -0.15) is 0 Å². The highest BCUT2D eigenvalue weighted by molar-refractivity contribution is 9.11. The lowest BCUT2D eigenvalue weighted by Gasteiger charge is -2.28. The number of halogens is 1. The maximum absolute atomic E-state index is 3.84. The van der Waals surface area contributed by atoms with Crippen molar-refractivity contribution >= 4 is 27.3 Å². The summed E-state index contributed by atoms with van der Waals surface area (Å²) in [5.74, 6) is 1.94. The number of hydrogen-bond donors (Lipinski definition) is 1. The van der Waals surface area contributed by atoms with Crippen molar-refractivity contribution in [2.45, 2.75) is 64.3 Å². The van der Waals surface area contributed by atoms with Gasteiger partial charge in [0.2, 0.25) is 0 Å². The molecule has 1 heterocycles. The lowest BCUT2D eigenvalue weighted by molar-refractivity contribution is 0.263. The van der Waals surface area contributed by atoms with Gasteiger partial charge in [0.15, 0.2) is 0 Å². The number of rotatable bonds is 4. The van der Waals surface area contributed by atoms with Gasteiger partial charge in [-0.15, -0.1) is 11.3 Å². The Kier molecular flexibility index (Phi) is 5.22. The van der Waals surface area contributed by atoms with Crippen LogP contribution in [0.25, 0.3) is 0 Å². The first-order valence-corrected chi connectivity index (χ1v) is 9.85. The molecule has 0 aliphatic heterocycles. The second kappa shape index (κ2) is 6.93. The van der Waals surface area contributed by atoms with Gasteiger partial charge in [0, 0.05) is 10.9 Å². The monoisotopic (exact) mass is 355 g/mol. The molecule has 0 spiro atoms. The van der Waals surface area contributed by atoms with Gasteiger partial charge in [0.1, 0.15) is 0 Å². The molecule has 2 aliphatic carbocycles. The normalized spacial score (nSPS) is 30.2. The van der Waals surface area contributed by atoms with E-state index < -0.39 is 0 Å². The molecular formula is C17H26BrNS. The summed E-state index contributed by atoms with van der Waals surface area (Å²) in [7, 11) is 0. The molecule has 1 aromatic rings. The minimum absolute atomic E-state index is 0.613. The summed E-state index contributed by atoms with van der Waals surface area (Å²) in [6.45, 7) is 3.63. The quantitative estimate of drug-likeness (QED) is 0.730. The third kappa shape index (κ3) is 3.66. The van der Waals surface area contributed by atoms with Crippen LogP contribution in [0, 0.1) is 11.8 Å². The molecule has 20 heavy (non-hydrogen) atoms. The largest absolute Gasteiger partial charge is 0.310 e. The molecule has 0 radical (unpaired) electrons. The molecule has 1 N–H and O–H groups in total. The molecule has 1 aromatic heterocycles. The summed E-state index contributed by atoms with van der Waals surface area (Å²) < 4.78 is 1.30. The summed E-state index contributed by atoms with van der Waals surface area (Å²) >= 11 is 5.58. The Morgan fingerprint density at radius 1 is 1.30 bits per heavy atom. The second-order valence-electron chi connectivity index (χ2n) is 6.75. The number of fused-ring (bicyclic) bond motifs is 1. The zero-order chi connectivity index (χ0) is 13.9. The SMILES string of the molecule is CC1CCCC(CCNC2CCCc3sc(Br)cc32)C1. The average molecular weight is 356 g/mol. The lowest BCUT2D eigenvalue weighted by Crippen LogP contribution is -2.27. The molecule has 1 fully saturated rings. The third-order valence-electron chi connectivity index (χ3n) is 5.07. The number of aryl methyl sites for hydroxylation is 1. The van der Waals surface area contributed by atoms with E-state index in [1.807, 2.05) is 11.3 Å². The van der Waals surface area contributed by atoms with E-state index in [1.165, 1.54) is 61.7 Å². The Balaban J connectivity index is 1.49. The molecule has 0 amide bonds. The highest BCUT2D eigenvalue weighted by Gasteiger charge is 2.23. The molecule has 3 rings (SSSR count). The summed E-state index contributed by atoms with van der Waals surface area (Å²) in [5.41, 5.74) is 1.57. The highest BCUT2D eigenvalue weighted by Crippen LogP contribution is 2.38. The molecule has 2 aliphatic rings. The Bertz CT molecular complexity index is 442. The smallest absolute Gasteiger partial charge is 0.0704 e. The van der Waals surface area contributed by atoms with Gasteiger partial charge in [-0.1, -0.05) is 26.2 Å². The first-order chi connectivity index (χ1) is 9.72. The fraction of sp³-hybridized carbons (Fsp3) is 0.765. The van der Waals surface area contributed by atoms with Crippen LogP contribution in [0.4, 0.5) is 0 Å². The van der Waals surface area contributed by atoms with Gasteiger partial charge in [-0.25, -0.2) is 0 Å². The maximum atomic E-state index is 3.84. The second-order valence-corrected chi connectivity index (χ2v) is 9.27. The third-order valence-corrected chi connectivity index (χ3v) is 6.79. The van der Waals surface area contributed by atoms with Gasteiger partial charge in [-0.05, 0) is 78.0 Å². The van der Waals surface area contributed by atoms with Crippen molar-refractivity contribution in [1.29, 1.82) is 0 Å². The Morgan fingerprint density at radius 3 is 3.05 bits per heavy atom. The summed E-state index contributed by atoms with van der Waals surface area (Å²) in [4.78, 5) is 1.60.